The van der Waals surface area contributed by atoms with E-state index >= 15 is 0 Å². The molecule has 0 atom stereocenters. The minimum Gasteiger partial charge on any atom is -0.369 e. The largest absolute Gasteiger partial charge is 0.369 e. The summed E-state index contributed by atoms with van der Waals surface area (Å²) < 4.78 is 15.3. The lowest BCUT2D eigenvalue weighted by Gasteiger charge is -2.10. The topological polar surface area (TPSA) is 47.1 Å². The van der Waals surface area contributed by atoms with Crippen LogP contribution >= 0.6 is 11.6 Å². The summed E-state index contributed by atoms with van der Waals surface area (Å²) in [5, 5.41) is 0.0738. The number of unbranched alkanes of at least 4 members (excludes halogenated alkanes) is 1. The number of benzene rings is 1. The van der Waals surface area contributed by atoms with Crippen LogP contribution in [0, 0.1) is 5.82 Å². The monoisotopic (exact) mass is 284 g/mol. The standard InChI is InChI=1S/C13H18ClFN4/c1-18(2)5-3-4-6-19-12-8-10(15)9(14)7-11(12)17-13(19)16/h7-8H,3-6H2,1-2H3,(H2,16,17). The molecule has 0 saturated heterocycles. The Bertz CT molecular complexity index is 580. The van der Waals surface area contributed by atoms with Crippen LogP contribution in [0.1, 0.15) is 12.8 Å². The number of halogens is 2. The molecule has 1 heterocycles. The molecular weight excluding hydrogens is 267 g/mol. The lowest BCUT2D eigenvalue weighted by molar-refractivity contribution is 0.388. The molecule has 0 unspecified atom stereocenters. The molecule has 0 radical (unpaired) electrons. The number of nitrogens with two attached hydrogens (primary N) is 1. The SMILES string of the molecule is CN(C)CCCCn1c(N)nc2cc(Cl)c(F)cc21. The second-order valence-electron chi connectivity index (χ2n) is 4.89. The molecule has 2 rings (SSSR count). The highest BCUT2D eigenvalue weighted by Gasteiger charge is 2.11. The van der Waals surface area contributed by atoms with E-state index in [1.165, 1.54) is 12.1 Å². The number of nitrogen functional groups attached to an aromatic ring is 1. The van der Waals surface area contributed by atoms with Gasteiger partial charge in [-0.3, -0.25) is 0 Å². The van der Waals surface area contributed by atoms with E-state index in [1.807, 2.05) is 18.7 Å². The Balaban J connectivity index is 2.18. The maximum atomic E-state index is 13.5. The van der Waals surface area contributed by atoms with Gasteiger partial charge in [0.2, 0.25) is 5.95 Å². The maximum Gasteiger partial charge on any atom is 0.201 e. The van der Waals surface area contributed by atoms with Crippen molar-refractivity contribution in [3.8, 4) is 0 Å². The molecule has 0 spiro atoms. The van der Waals surface area contributed by atoms with E-state index in [0.717, 1.165) is 25.9 Å². The zero-order valence-electron chi connectivity index (χ0n) is 11.2. The highest BCUT2D eigenvalue weighted by atomic mass is 35.5. The van der Waals surface area contributed by atoms with E-state index < -0.39 is 5.82 Å². The summed E-state index contributed by atoms with van der Waals surface area (Å²) in [5.41, 5.74) is 7.21. The van der Waals surface area contributed by atoms with Gasteiger partial charge in [0.1, 0.15) is 5.82 Å². The number of aromatic nitrogens is 2. The normalized spacial score (nSPS) is 11.6. The molecule has 0 saturated carbocycles. The lowest BCUT2D eigenvalue weighted by Crippen LogP contribution is -2.13. The molecule has 0 fully saturated rings. The van der Waals surface area contributed by atoms with Crippen molar-refractivity contribution >= 4 is 28.6 Å². The number of rotatable bonds is 5. The molecule has 2 aromatic rings. The van der Waals surface area contributed by atoms with Crippen LogP contribution in [0.3, 0.4) is 0 Å². The van der Waals surface area contributed by atoms with Crippen LogP contribution in [0.2, 0.25) is 5.02 Å². The number of aryl methyl sites for hydroxylation is 1. The van der Waals surface area contributed by atoms with E-state index in [2.05, 4.69) is 9.88 Å². The fourth-order valence-corrected chi connectivity index (χ4v) is 2.23. The fraction of sp³-hybridized carbons (Fsp3) is 0.462. The minimum absolute atomic E-state index is 0.0738. The molecule has 1 aromatic heterocycles. The third-order valence-electron chi connectivity index (χ3n) is 3.06. The Hall–Kier alpha value is -1.33. The minimum atomic E-state index is -0.441. The molecule has 0 aliphatic heterocycles. The first-order chi connectivity index (χ1) is 8.99. The van der Waals surface area contributed by atoms with Gasteiger partial charge in [-0.1, -0.05) is 11.6 Å². The lowest BCUT2D eigenvalue weighted by atomic mass is 10.2. The van der Waals surface area contributed by atoms with Crippen molar-refractivity contribution in [2.24, 2.45) is 0 Å². The Morgan fingerprint density at radius 2 is 2.11 bits per heavy atom. The zero-order valence-corrected chi connectivity index (χ0v) is 11.9. The molecule has 0 bridgehead atoms. The van der Waals surface area contributed by atoms with Crippen LogP contribution in [-0.2, 0) is 6.54 Å². The third-order valence-corrected chi connectivity index (χ3v) is 3.35. The van der Waals surface area contributed by atoms with E-state index in [-0.39, 0.29) is 5.02 Å². The first-order valence-corrected chi connectivity index (χ1v) is 6.62. The molecule has 1 aromatic carbocycles. The number of hydrogen-bond acceptors (Lipinski definition) is 3. The number of fused-ring (bicyclic) bond motifs is 1. The summed E-state index contributed by atoms with van der Waals surface area (Å²) in [6.45, 7) is 1.75. The van der Waals surface area contributed by atoms with Gasteiger partial charge in [-0.15, -0.1) is 0 Å². The molecule has 0 amide bonds. The van der Waals surface area contributed by atoms with E-state index in [1.54, 1.807) is 0 Å². The summed E-state index contributed by atoms with van der Waals surface area (Å²) in [5.74, 6) is -0.0369. The Kier molecular flexibility index (Phi) is 4.27. The van der Waals surface area contributed by atoms with Gasteiger partial charge in [-0.2, -0.15) is 0 Å². The van der Waals surface area contributed by atoms with Crippen LogP contribution in [0.15, 0.2) is 12.1 Å². The summed E-state index contributed by atoms with van der Waals surface area (Å²) in [7, 11) is 4.08. The van der Waals surface area contributed by atoms with Crippen LogP contribution < -0.4 is 5.73 Å². The Morgan fingerprint density at radius 1 is 1.37 bits per heavy atom. The van der Waals surface area contributed by atoms with Crippen molar-refractivity contribution in [3.63, 3.8) is 0 Å². The third kappa shape index (κ3) is 3.16. The van der Waals surface area contributed by atoms with Gasteiger partial charge in [0.15, 0.2) is 0 Å². The van der Waals surface area contributed by atoms with Gasteiger partial charge in [-0.25, -0.2) is 9.37 Å². The molecule has 6 heteroatoms. The highest BCUT2D eigenvalue weighted by Crippen LogP contribution is 2.25. The highest BCUT2D eigenvalue weighted by molar-refractivity contribution is 6.31. The van der Waals surface area contributed by atoms with Crippen molar-refractivity contribution in [2.75, 3.05) is 26.4 Å². The van der Waals surface area contributed by atoms with Crippen LogP contribution in [-0.4, -0.2) is 35.1 Å². The molecule has 104 valence electrons. The van der Waals surface area contributed by atoms with Crippen LogP contribution in [0.25, 0.3) is 11.0 Å². The zero-order chi connectivity index (χ0) is 14.0. The summed E-state index contributed by atoms with van der Waals surface area (Å²) in [6.07, 6.45) is 2.03. The van der Waals surface area contributed by atoms with Gasteiger partial charge < -0.3 is 15.2 Å². The molecule has 2 N–H and O–H groups in total. The number of nitrogens with zero attached hydrogens (tertiary/aromatic N) is 3. The summed E-state index contributed by atoms with van der Waals surface area (Å²) in [4.78, 5) is 6.34. The molecule has 4 nitrogen and oxygen atoms in total. The number of anilines is 1. The van der Waals surface area contributed by atoms with Gasteiger partial charge >= 0.3 is 0 Å². The van der Waals surface area contributed by atoms with Crippen molar-refractivity contribution in [1.29, 1.82) is 0 Å². The average Bonchev–Trinajstić information content (AvgIpc) is 2.61. The molecule has 0 aliphatic rings. The molecular formula is C13H18ClFN4. The maximum absolute atomic E-state index is 13.5. The number of imidazole rings is 1. The van der Waals surface area contributed by atoms with Crippen LogP contribution in [0.5, 0.6) is 0 Å². The fourth-order valence-electron chi connectivity index (χ4n) is 2.07. The Labute approximate surface area is 117 Å². The summed E-state index contributed by atoms with van der Waals surface area (Å²) in [6, 6.07) is 2.91. The first-order valence-electron chi connectivity index (χ1n) is 6.24. The van der Waals surface area contributed by atoms with E-state index in [0.29, 0.717) is 17.0 Å². The summed E-state index contributed by atoms with van der Waals surface area (Å²) >= 11 is 5.74. The predicted molar refractivity (Wildman–Crippen MR) is 76.9 cm³/mol. The smallest absolute Gasteiger partial charge is 0.201 e. The van der Waals surface area contributed by atoms with Gasteiger partial charge in [-0.05, 0) is 39.5 Å². The van der Waals surface area contributed by atoms with Gasteiger partial charge in [0.05, 0.1) is 16.1 Å². The second-order valence-corrected chi connectivity index (χ2v) is 5.29. The van der Waals surface area contributed by atoms with Crippen molar-refractivity contribution in [2.45, 2.75) is 19.4 Å². The van der Waals surface area contributed by atoms with Gasteiger partial charge in [0.25, 0.3) is 0 Å². The van der Waals surface area contributed by atoms with Crippen molar-refractivity contribution in [1.82, 2.24) is 14.5 Å². The number of hydrogen-bond donors (Lipinski definition) is 1. The van der Waals surface area contributed by atoms with Crippen LogP contribution in [0.4, 0.5) is 10.3 Å². The van der Waals surface area contributed by atoms with Crippen molar-refractivity contribution < 1.29 is 4.39 Å². The Morgan fingerprint density at radius 3 is 2.79 bits per heavy atom. The van der Waals surface area contributed by atoms with Gasteiger partial charge in [0, 0.05) is 12.6 Å². The van der Waals surface area contributed by atoms with Crippen molar-refractivity contribution in [3.05, 3.63) is 23.0 Å². The predicted octanol–water partition coefficient (Wildman–Crippen LogP) is 2.75. The molecule has 19 heavy (non-hydrogen) atoms. The van der Waals surface area contributed by atoms with E-state index in [4.69, 9.17) is 17.3 Å². The average molecular weight is 285 g/mol. The quantitative estimate of drug-likeness (QED) is 0.859. The molecule has 0 aliphatic carbocycles. The first kappa shape index (κ1) is 14.1. The second kappa shape index (κ2) is 5.75. The van der Waals surface area contributed by atoms with E-state index in [9.17, 15) is 4.39 Å².